The van der Waals surface area contributed by atoms with Crippen molar-refractivity contribution in [3.05, 3.63) is 64.5 Å². The molecule has 0 radical (unpaired) electrons. The molecule has 1 unspecified atom stereocenters. The lowest BCUT2D eigenvalue weighted by atomic mass is 9.98. The number of halogens is 3. The molecule has 3 heterocycles. The summed E-state index contributed by atoms with van der Waals surface area (Å²) in [4.78, 5) is 20.9. The van der Waals surface area contributed by atoms with Crippen LogP contribution in [0.25, 0.3) is 11.5 Å². The first-order valence-electron chi connectivity index (χ1n) is 8.66. The molecule has 9 heteroatoms. The number of carbonyl (C=O) groups is 1. The largest absolute Gasteiger partial charge is 0.467 e. The number of hydrogen-bond donors (Lipinski definition) is 0. The van der Waals surface area contributed by atoms with E-state index in [-0.39, 0.29) is 34.9 Å². The van der Waals surface area contributed by atoms with Crippen LogP contribution in [-0.2, 0) is 17.3 Å². The van der Waals surface area contributed by atoms with E-state index in [0.717, 1.165) is 6.07 Å². The van der Waals surface area contributed by atoms with Gasteiger partial charge in [-0.3, -0.25) is 0 Å². The van der Waals surface area contributed by atoms with Gasteiger partial charge >= 0.3 is 18.2 Å². The molecule has 29 heavy (non-hydrogen) atoms. The summed E-state index contributed by atoms with van der Waals surface area (Å²) in [7, 11) is 1.35. The Morgan fingerprint density at radius 3 is 2.55 bits per heavy atom. The second-order valence-electron chi connectivity index (χ2n) is 6.48. The van der Waals surface area contributed by atoms with Gasteiger partial charge in [0.05, 0.1) is 12.7 Å². The van der Waals surface area contributed by atoms with Crippen LogP contribution in [0, 0.1) is 6.92 Å². The Kier molecular flexibility index (Phi) is 4.52. The summed E-state index contributed by atoms with van der Waals surface area (Å²) in [6.07, 6.45) is -5.72. The van der Waals surface area contributed by atoms with E-state index in [0.29, 0.717) is 11.5 Å². The number of aromatic nitrogens is 2. The van der Waals surface area contributed by atoms with Crippen LogP contribution in [0.2, 0.25) is 0 Å². The van der Waals surface area contributed by atoms with Crippen molar-refractivity contribution >= 4 is 5.97 Å². The van der Waals surface area contributed by atoms with E-state index in [2.05, 4.69) is 9.97 Å². The van der Waals surface area contributed by atoms with Crippen molar-refractivity contribution in [1.29, 1.82) is 0 Å². The number of esters is 1. The van der Waals surface area contributed by atoms with Gasteiger partial charge in [-0.2, -0.15) is 23.1 Å². The highest BCUT2D eigenvalue weighted by Crippen LogP contribution is 2.40. The zero-order chi connectivity index (χ0) is 20.8. The average molecular weight is 404 g/mol. The zero-order valence-corrected chi connectivity index (χ0v) is 15.4. The molecule has 0 bridgehead atoms. The van der Waals surface area contributed by atoms with Gasteiger partial charge in [0.25, 0.3) is 0 Å². The van der Waals surface area contributed by atoms with E-state index < -0.39 is 23.8 Å². The van der Waals surface area contributed by atoms with Crippen molar-refractivity contribution in [2.75, 3.05) is 7.11 Å². The van der Waals surface area contributed by atoms with E-state index in [1.54, 1.807) is 19.1 Å². The molecule has 0 N–H and O–H groups in total. The molecule has 0 aliphatic carbocycles. The first kappa shape index (κ1) is 19.0. The number of nitrogens with zero attached hydrogens (tertiary/aromatic N) is 2. The van der Waals surface area contributed by atoms with Gasteiger partial charge in [-0.05, 0) is 30.7 Å². The maximum Gasteiger partial charge on any atom is 0.416 e. The molecular weight excluding hydrogens is 389 g/mol. The van der Waals surface area contributed by atoms with Crippen molar-refractivity contribution < 1.29 is 31.9 Å². The summed E-state index contributed by atoms with van der Waals surface area (Å²) in [5.74, 6) is 0.197. The van der Waals surface area contributed by atoms with Crippen LogP contribution in [0.15, 0.2) is 40.8 Å². The van der Waals surface area contributed by atoms with Gasteiger partial charge in [0.15, 0.2) is 5.76 Å². The highest BCUT2D eigenvalue weighted by molar-refractivity contribution is 5.99. The molecule has 0 saturated heterocycles. The Labute approximate surface area is 163 Å². The lowest BCUT2D eigenvalue weighted by Crippen LogP contribution is -2.12. The van der Waals surface area contributed by atoms with E-state index in [1.165, 1.54) is 25.3 Å². The van der Waals surface area contributed by atoms with Crippen LogP contribution < -0.4 is 4.74 Å². The monoisotopic (exact) mass is 404 g/mol. The molecule has 4 rings (SSSR count). The SMILES string of the molecule is COc1nc(-c2ccc(C)o2)c2c(n1)C(Cc1ccccc1C(F)(F)F)OC2=O. The third-order valence-corrected chi connectivity index (χ3v) is 4.56. The van der Waals surface area contributed by atoms with Crippen LogP contribution in [0.5, 0.6) is 6.01 Å². The second-order valence-corrected chi connectivity index (χ2v) is 6.48. The first-order valence-corrected chi connectivity index (χ1v) is 8.66. The second kappa shape index (κ2) is 6.91. The molecule has 0 fully saturated rings. The third-order valence-electron chi connectivity index (χ3n) is 4.56. The Balaban J connectivity index is 1.80. The molecule has 0 saturated carbocycles. The Morgan fingerprint density at radius 2 is 1.90 bits per heavy atom. The summed E-state index contributed by atoms with van der Waals surface area (Å²) in [6.45, 7) is 1.73. The fourth-order valence-corrected chi connectivity index (χ4v) is 3.28. The Bertz CT molecular complexity index is 1090. The topological polar surface area (TPSA) is 74.5 Å². The highest BCUT2D eigenvalue weighted by atomic mass is 19.4. The van der Waals surface area contributed by atoms with Gasteiger partial charge in [0.1, 0.15) is 28.8 Å². The number of rotatable bonds is 4. The van der Waals surface area contributed by atoms with E-state index >= 15 is 0 Å². The number of aryl methyl sites for hydroxylation is 1. The quantitative estimate of drug-likeness (QED) is 0.595. The predicted octanol–water partition coefficient (Wildman–Crippen LogP) is 4.53. The number of furan rings is 1. The maximum atomic E-state index is 13.3. The van der Waals surface area contributed by atoms with Crippen LogP contribution in [0.3, 0.4) is 0 Å². The molecule has 150 valence electrons. The molecule has 0 spiro atoms. The number of hydrogen-bond acceptors (Lipinski definition) is 6. The smallest absolute Gasteiger partial charge is 0.416 e. The number of benzene rings is 1. The minimum atomic E-state index is -4.53. The van der Waals surface area contributed by atoms with Crippen molar-refractivity contribution in [3.8, 4) is 17.5 Å². The molecule has 1 aliphatic heterocycles. The Morgan fingerprint density at radius 1 is 1.14 bits per heavy atom. The van der Waals surface area contributed by atoms with Gasteiger partial charge in [-0.25, -0.2) is 4.79 Å². The van der Waals surface area contributed by atoms with Gasteiger partial charge < -0.3 is 13.9 Å². The summed E-state index contributed by atoms with van der Waals surface area (Å²) >= 11 is 0. The lowest BCUT2D eigenvalue weighted by molar-refractivity contribution is -0.138. The van der Waals surface area contributed by atoms with E-state index in [4.69, 9.17) is 13.9 Å². The van der Waals surface area contributed by atoms with Crippen molar-refractivity contribution in [3.63, 3.8) is 0 Å². The van der Waals surface area contributed by atoms with Gasteiger partial charge in [-0.15, -0.1) is 0 Å². The van der Waals surface area contributed by atoms with Crippen LogP contribution in [0.1, 0.15) is 39.0 Å². The van der Waals surface area contributed by atoms with E-state index in [1.807, 2.05) is 0 Å². The van der Waals surface area contributed by atoms with Crippen molar-refractivity contribution in [2.24, 2.45) is 0 Å². The fourth-order valence-electron chi connectivity index (χ4n) is 3.28. The number of ether oxygens (including phenoxy) is 2. The molecule has 1 aromatic carbocycles. The molecule has 1 atom stereocenters. The number of cyclic esters (lactones) is 1. The molecular formula is C20H15F3N2O4. The molecule has 0 amide bonds. The average Bonchev–Trinajstić information content (AvgIpc) is 3.24. The first-order chi connectivity index (χ1) is 13.8. The standard InChI is InChI=1S/C20H15F3N2O4/c1-10-7-8-13(28-10)16-15-17(25-19(24-16)27-2)14(29-18(15)26)9-11-5-3-4-6-12(11)20(21,22)23/h3-8,14H,9H2,1-2H3. The summed E-state index contributed by atoms with van der Waals surface area (Å²) in [5, 5.41) is 0. The summed E-state index contributed by atoms with van der Waals surface area (Å²) in [6, 6.07) is 8.45. The molecule has 6 nitrogen and oxygen atoms in total. The number of methoxy groups -OCH3 is 1. The van der Waals surface area contributed by atoms with Gasteiger partial charge in [-0.1, -0.05) is 18.2 Å². The van der Waals surface area contributed by atoms with Crippen LogP contribution in [0.4, 0.5) is 13.2 Å². The minimum Gasteiger partial charge on any atom is -0.467 e. The van der Waals surface area contributed by atoms with Gasteiger partial charge in [0, 0.05) is 6.42 Å². The van der Waals surface area contributed by atoms with Gasteiger partial charge in [0.2, 0.25) is 0 Å². The summed E-state index contributed by atoms with van der Waals surface area (Å²) < 4.78 is 56.0. The molecule has 3 aromatic rings. The highest BCUT2D eigenvalue weighted by Gasteiger charge is 2.40. The van der Waals surface area contributed by atoms with Crippen molar-refractivity contribution in [2.45, 2.75) is 25.6 Å². The number of alkyl halides is 3. The van der Waals surface area contributed by atoms with Crippen LogP contribution in [-0.4, -0.2) is 23.0 Å². The Hall–Kier alpha value is -3.36. The third kappa shape index (κ3) is 3.43. The maximum absolute atomic E-state index is 13.3. The zero-order valence-electron chi connectivity index (χ0n) is 15.4. The van der Waals surface area contributed by atoms with Crippen LogP contribution >= 0.6 is 0 Å². The lowest BCUT2D eigenvalue weighted by Gasteiger charge is -2.15. The fraction of sp³-hybridized carbons (Fsp3) is 0.250. The predicted molar refractivity (Wildman–Crippen MR) is 94.3 cm³/mol. The minimum absolute atomic E-state index is 0.00128. The number of fused-ring (bicyclic) bond motifs is 1. The number of carbonyl (C=O) groups excluding carboxylic acids is 1. The summed E-state index contributed by atoms with van der Waals surface area (Å²) in [5.41, 5.74) is -0.375. The van der Waals surface area contributed by atoms with E-state index in [9.17, 15) is 18.0 Å². The molecule has 2 aromatic heterocycles. The normalized spacial score (nSPS) is 15.9. The van der Waals surface area contributed by atoms with Crippen molar-refractivity contribution in [1.82, 2.24) is 9.97 Å². The molecule has 1 aliphatic rings.